The maximum Gasteiger partial charge on any atom is 0.264 e. The van der Waals surface area contributed by atoms with E-state index in [2.05, 4.69) is 20.9 Å². The molecule has 5 rings (SSSR count). The number of aliphatic imine (C=N–C) groups is 1. The van der Waals surface area contributed by atoms with Crippen LogP contribution in [0.5, 0.6) is 0 Å². The number of amidine groups is 1. The number of nitrogens with zero attached hydrogens (tertiary/aromatic N) is 2. The van der Waals surface area contributed by atoms with Crippen LogP contribution in [0.2, 0.25) is 5.02 Å². The Bertz CT molecular complexity index is 1390. The van der Waals surface area contributed by atoms with E-state index in [9.17, 15) is 9.18 Å². The smallest absolute Gasteiger partial charge is 0.264 e. The van der Waals surface area contributed by atoms with Gasteiger partial charge in [-0.15, -0.1) is 0 Å². The molecule has 4 nitrogen and oxygen atoms in total. The first-order valence-electron chi connectivity index (χ1n) is 9.93. The van der Waals surface area contributed by atoms with Crippen LogP contribution in [0, 0.1) is 5.82 Å². The van der Waals surface area contributed by atoms with Crippen LogP contribution in [0.15, 0.2) is 88.9 Å². The number of halogens is 2. The quantitative estimate of drug-likeness (QED) is 0.359. The zero-order chi connectivity index (χ0) is 22.1. The molecule has 32 heavy (non-hydrogen) atoms. The maximum absolute atomic E-state index is 13.9. The van der Waals surface area contributed by atoms with Crippen molar-refractivity contribution in [1.82, 2.24) is 9.88 Å². The van der Waals surface area contributed by atoms with Gasteiger partial charge in [0.25, 0.3) is 5.91 Å². The number of aromatic nitrogens is 1. The van der Waals surface area contributed by atoms with E-state index in [0.717, 1.165) is 22.0 Å². The minimum atomic E-state index is -0.433. The van der Waals surface area contributed by atoms with Gasteiger partial charge in [-0.2, -0.15) is 0 Å². The fraction of sp³-hybridized carbons (Fsp3) is 0.0400. The molecule has 4 aromatic rings. The highest BCUT2D eigenvalue weighted by Gasteiger charge is 2.24. The van der Waals surface area contributed by atoms with Crippen molar-refractivity contribution in [2.75, 3.05) is 0 Å². The van der Waals surface area contributed by atoms with E-state index in [1.807, 2.05) is 54.7 Å². The largest absolute Gasteiger partial charge is 0.342 e. The first-order chi connectivity index (χ1) is 15.6. The Labute approximate surface area is 193 Å². The van der Waals surface area contributed by atoms with E-state index in [1.54, 1.807) is 18.2 Å². The second kappa shape index (κ2) is 8.65. The summed E-state index contributed by atoms with van der Waals surface area (Å²) in [7, 11) is 0. The lowest BCUT2D eigenvalue weighted by Crippen LogP contribution is -2.19. The monoisotopic (exact) mass is 461 g/mol. The van der Waals surface area contributed by atoms with Crippen molar-refractivity contribution in [3.8, 4) is 0 Å². The molecular weight excluding hydrogens is 445 g/mol. The number of hydrogen-bond donors (Lipinski definition) is 1. The van der Waals surface area contributed by atoms with E-state index in [4.69, 9.17) is 11.6 Å². The van der Waals surface area contributed by atoms with Gasteiger partial charge in [-0.25, -0.2) is 9.38 Å². The second-order valence-electron chi connectivity index (χ2n) is 7.29. The molecule has 1 saturated heterocycles. The van der Waals surface area contributed by atoms with Crippen molar-refractivity contribution in [3.05, 3.63) is 106 Å². The molecule has 0 saturated carbocycles. The van der Waals surface area contributed by atoms with Gasteiger partial charge in [0, 0.05) is 34.2 Å². The molecule has 0 bridgehead atoms. The Balaban J connectivity index is 1.48. The van der Waals surface area contributed by atoms with Gasteiger partial charge in [-0.05, 0) is 53.7 Å². The highest BCUT2D eigenvalue weighted by molar-refractivity contribution is 8.18. The molecule has 1 N–H and O–H groups in total. The Morgan fingerprint density at radius 2 is 1.78 bits per heavy atom. The standard InChI is InChI=1S/C25H17ClFN3OS/c26-18-11-9-16(10-12-18)14-30-15-17(19-5-1-4-8-22(19)30)13-23-24(31)29-25(32-23)28-21-7-3-2-6-20(21)27/h1-13,15H,14H2,(H,28,29,31)/b23-13-. The van der Waals surface area contributed by atoms with Gasteiger partial charge in [-0.3, -0.25) is 4.79 Å². The zero-order valence-electron chi connectivity index (χ0n) is 16.8. The van der Waals surface area contributed by atoms with Crippen molar-refractivity contribution in [2.45, 2.75) is 6.54 Å². The van der Waals surface area contributed by atoms with E-state index < -0.39 is 5.82 Å². The molecule has 0 spiro atoms. The summed E-state index contributed by atoms with van der Waals surface area (Å²) in [5.74, 6) is -0.683. The molecule has 158 valence electrons. The molecule has 2 heterocycles. The number of amides is 1. The molecule has 7 heteroatoms. The zero-order valence-corrected chi connectivity index (χ0v) is 18.3. The Kier molecular flexibility index (Phi) is 5.55. The van der Waals surface area contributed by atoms with Crippen LogP contribution in [0.3, 0.4) is 0 Å². The lowest BCUT2D eigenvalue weighted by Gasteiger charge is -2.05. The molecule has 1 aliphatic heterocycles. The Hall–Kier alpha value is -3.35. The van der Waals surface area contributed by atoms with E-state index in [-0.39, 0.29) is 11.6 Å². The van der Waals surface area contributed by atoms with Gasteiger partial charge in [0.2, 0.25) is 0 Å². The lowest BCUT2D eigenvalue weighted by atomic mass is 10.1. The number of carbonyl (C=O) groups is 1. The first-order valence-corrected chi connectivity index (χ1v) is 11.1. The molecule has 1 aromatic heterocycles. The van der Waals surface area contributed by atoms with Crippen LogP contribution >= 0.6 is 23.4 Å². The van der Waals surface area contributed by atoms with Crippen LogP contribution in [0.4, 0.5) is 10.1 Å². The van der Waals surface area contributed by atoms with Crippen LogP contribution in [0.25, 0.3) is 17.0 Å². The molecule has 1 aliphatic rings. The molecule has 1 amide bonds. The molecular formula is C25H17ClFN3OS. The minimum Gasteiger partial charge on any atom is -0.342 e. The van der Waals surface area contributed by atoms with E-state index >= 15 is 0 Å². The highest BCUT2D eigenvalue weighted by atomic mass is 35.5. The Morgan fingerprint density at radius 1 is 1.03 bits per heavy atom. The summed E-state index contributed by atoms with van der Waals surface area (Å²) in [4.78, 5) is 17.3. The first kappa shape index (κ1) is 20.5. The average molecular weight is 462 g/mol. The third-order valence-corrected chi connectivity index (χ3v) is 6.26. The summed E-state index contributed by atoms with van der Waals surface area (Å²) < 4.78 is 16.1. The molecule has 3 aromatic carbocycles. The normalized spacial score (nSPS) is 16.2. The van der Waals surface area contributed by atoms with Crippen LogP contribution in [-0.2, 0) is 11.3 Å². The molecule has 0 radical (unpaired) electrons. The third kappa shape index (κ3) is 4.20. The van der Waals surface area contributed by atoms with Gasteiger partial charge in [-0.1, -0.05) is 54.1 Å². The van der Waals surface area contributed by atoms with Crippen molar-refractivity contribution in [1.29, 1.82) is 0 Å². The fourth-order valence-electron chi connectivity index (χ4n) is 3.58. The van der Waals surface area contributed by atoms with Crippen molar-refractivity contribution in [3.63, 3.8) is 0 Å². The summed E-state index contributed by atoms with van der Waals surface area (Å²) in [6.07, 6.45) is 3.89. The summed E-state index contributed by atoms with van der Waals surface area (Å²) in [5, 5.41) is 4.82. The third-order valence-electron chi connectivity index (χ3n) is 5.10. The van der Waals surface area contributed by atoms with Crippen molar-refractivity contribution >= 4 is 57.1 Å². The van der Waals surface area contributed by atoms with Gasteiger partial charge in [0.15, 0.2) is 5.17 Å². The number of fused-ring (bicyclic) bond motifs is 1. The number of para-hydroxylation sites is 2. The predicted octanol–water partition coefficient (Wildman–Crippen LogP) is 6.37. The fourth-order valence-corrected chi connectivity index (χ4v) is 4.53. The van der Waals surface area contributed by atoms with Gasteiger partial charge < -0.3 is 9.88 Å². The van der Waals surface area contributed by atoms with Gasteiger partial charge in [0.05, 0.1) is 4.91 Å². The average Bonchev–Trinajstić information content (AvgIpc) is 3.31. The minimum absolute atomic E-state index is 0.191. The number of rotatable bonds is 4. The molecule has 1 fully saturated rings. The van der Waals surface area contributed by atoms with Crippen LogP contribution < -0.4 is 5.32 Å². The van der Waals surface area contributed by atoms with Crippen LogP contribution in [-0.4, -0.2) is 15.6 Å². The Morgan fingerprint density at radius 3 is 2.59 bits per heavy atom. The summed E-state index contributed by atoms with van der Waals surface area (Å²) in [6.45, 7) is 0.681. The number of nitrogens with one attached hydrogen (secondary N) is 1. The second-order valence-corrected chi connectivity index (χ2v) is 8.76. The van der Waals surface area contributed by atoms with Gasteiger partial charge >= 0.3 is 0 Å². The molecule has 0 aliphatic carbocycles. The lowest BCUT2D eigenvalue weighted by molar-refractivity contribution is -0.115. The number of benzene rings is 3. The highest BCUT2D eigenvalue weighted by Crippen LogP contribution is 2.31. The molecule has 0 unspecified atom stereocenters. The number of hydrogen-bond acceptors (Lipinski definition) is 3. The van der Waals surface area contributed by atoms with E-state index in [0.29, 0.717) is 21.6 Å². The van der Waals surface area contributed by atoms with Crippen LogP contribution in [0.1, 0.15) is 11.1 Å². The maximum atomic E-state index is 13.9. The molecule has 0 atom stereocenters. The van der Waals surface area contributed by atoms with Gasteiger partial charge in [0.1, 0.15) is 11.5 Å². The number of carbonyl (C=O) groups excluding carboxylic acids is 1. The predicted molar refractivity (Wildman–Crippen MR) is 130 cm³/mol. The summed E-state index contributed by atoms with van der Waals surface area (Å²) in [5.41, 5.74) is 3.31. The van der Waals surface area contributed by atoms with E-state index in [1.165, 1.54) is 17.8 Å². The topological polar surface area (TPSA) is 46.4 Å². The summed E-state index contributed by atoms with van der Waals surface area (Å²) >= 11 is 7.21. The number of thioether (sulfide) groups is 1. The SMILES string of the molecule is O=C1NC(=Nc2ccccc2F)S/C1=C\c1cn(Cc2ccc(Cl)cc2)c2ccccc12. The van der Waals surface area contributed by atoms with Crippen molar-refractivity contribution < 1.29 is 9.18 Å². The summed E-state index contributed by atoms with van der Waals surface area (Å²) in [6, 6.07) is 22.0. The van der Waals surface area contributed by atoms with Crippen molar-refractivity contribution in [2.24, 2.45) is 4.99 Å².